The van der Waals surface area contributed by atoms with Crippen molar-refractivity contribution < 1.29 is 13.3 Å². The largest absolute Gasteiger partial charge is 0.339 e. The molecule has 0 saturated carbocycles. The molecule has 2 rings (SSSR count). The van der Waals surface area contributed by atoms with Crippen molar-refractivity contribution in [2.24, 2.45) is 5.73 Å². The molecule has 1 heterocycles. The first-order valence-corrected chi connectivity index (χ1v) is 5.15. The lowest BCUT2D eigenvalue weighted by Gasteiger charge is -2.09. The first-order valence-electron chi connectivity index (χ1n) is 5.15. The van der Waals surface area contributed by atoms with Crippen molar-refractivity contribution in [2.45, 2.75) is 19.4 Å². The molecule has 90 valence electrons. The van der Waals surface area contributed by atoms with Gasteiger partial charge in [0.2, 0.25) is 5.89 Å². The highest BCUT2D eigenvalue weighted by atomic mass is 19.1. The topological polar surface area (TPSA) is 64.9 Å². The van der Waals surface area contributed by atoms with E-state index in [0.29, 0.717) is 12.3 Å². The van der Waals surface area contributed by atoms with Gasteiger partial charge in [0.1, 0.15) is 11.6 Å². The van der Waals surface area contributed by atoms with Crippen molar-refractivity contribution >= 4 is 0 Å². The maximum Gasteiger partial charge on any atom is 0.226 e. The molecule has 0 radical (unpaired) electrons. The van der Waals surface area contributed by atoms with Crippen LogP contribution in [0.3, 0.4) is 0 Å². The van der Waals surface area contributed by atoms with Gasteiger partial charge >= 0.3 is 0 Å². The molecule has 0 spiro atoms. The predicted molar refractivity (Wildman–Crippen MR) is 56.1 cm³/mol. The highest BCUT2D eigenvalue weighted by Crippen LogP contribution is 2.23. The minimum atomic E-state index is -1.07. The molecular weight excluding hydrogens is 228 g/mol. The summed E-state index contributed by atoms with van der Waals surface area (Å²) in [7, 11) is 0. The molecule has 0 saturated heterocycles. The van der Waals surface area contributed by atoms with Gasteiger partial charge in [-0.3, -0.25) is 0 Å². The summed E-state index contributed by atoms with van der Waals surface area (Å²) in [5.74, 6) is -0.987. The minimum absolute atomic E-state index is 0.0749. The Balaban J connectivity index is 2.39. The van der Waals surface area contributed by atoms with E-state index in [-0.39, 0.29) is 11.4 Å². The Labute approximate surface area is 96.4 Å². The van der Waals surface area contributed by atoms with Crippen LogP contribution in [-0.4, -0.2) is 10.1 Å². The number of aromatic nitrogens is 2. The Morgan fingerprint density at radius 1 is 1.35 bits per heavy atom. The van der Waals surface area contributed by atoms with Crippen molar-refractivity contribution in [3.8, 4) is 0 Å². The second kappa shape index (κ2) is 4.58. The number of nitrogens with zero attached hydrogens (tertiary/aromatic N) is 2. The molecule has 4 nitrogen and oxygen atoms in total. The molecule has 0 bridgehead atoms. The summed E-state index contributed by atoms with van der Waals surface area (Å²) in [6.45, 7) is 1.83. The maximum absolute atomic E-state index is 13.5. The molecule has 2 aromatic rings. The molecule has 0 aliphatic rings. The fourth-order valence-corrected chi connectivity index (χ4v) is 1.47. The summed E-state index contributed by atoms with van der Waals surface area (Å²) in [5.41, 5.74) is 5.47. The van der Waals surface area contributed by atoms with E-state index in [1.54, 1.807) is 0 Å². The van der Waals surface area contributed by atoms with Gasteiger partial charge < -0.3 is 10.3 Å². The zero-order chi connectivity index (χ0) is 12.4. The average molecular weight is 239 g/mol. The van der Waals surface area contributed by atoms with E-state index >= 15 is 0 Å². The van der Waals surface area contributed by atoms with E-state index in [1.807, 2.05) is 6.92 Å². The van der Waals surface area contributed by atoms with Crippen molar-refractivity contribution in [1.29, 1.82) is 0 Å². The predicted octanol–water partition coefficient (Wildman–Crippen LogP) is 1.96. The van der Waals surface area contributed by atoms with Crippen molar-refractivity contribution in [3.63, 3.8) is 0 Å². The van der Waals surface area contributed by atoms with Gasteiger partial charge in [0.05, 0.1) is 6.04 Å². The van der Waals surface area contributed by atoms with Gasteiger partial charge in [-0.25, -0.2) is 8.78 Å². The summed E-state index contributed by atoms with van der Waals surface area (Å²) in [6.07, 6.45) is 0.541. The number of hydrogen-bond acceptors (Lipinski definition) is 4. The summed E-state index contributed by atoms with van der Waals surface area (Å²) >= 11 is 0. The molecule has 0 fully saturated rings. The Hall–Kier alpha value is -1.82. The second-order valence-electron chi connectivity index (χ2n) is 3.51. The molecule has 2 N–H and O–H groups in total. The Bertz CT molecular complexity index is 507. The normalized spacial score (nSPS) is 12.7. The van der Waals surface area contributed by atoms with Gasteiger partial charge in [0, 0.05) is 12.0 Å². The van der Waals surface area contributed by atoms with E-state index in [0.717, 1.165) is 12.1 Å². The van der Waals surface area contributed by atoms with Gasteiger partial charge in [-0.1, -0.05) is 18.1 Å². The molecule has 1 atom stereocenters. The number of rotatable bonds is 3. The van der Waals surface area contributed by atoms with Crippen molar-refractivity contribution in [3.05, 3.63) is 47.1 Å². The summed E-state index contributed by atoms with van der Waals surface area (Å²) in [4.78, 5) is 3.95. The van der Waals surface area contributed by atoms with Crippen LogP contribution in [0.1, 0.15) is 30.2 Å². The fraction of sp³-hybridized carbons (Fsp3) is 0.273. The molecule has 1 aromatic carbocycles. The smallest absolute Gasteiger partial charge is 0.226 e. The van der Waals surface area contributed by atoms with Crippen LogP contribution in [0.15, 0.2) is 22.7 Å². The fourth-order valence-electron chi connectivity index (χ4n) is 1.47. The number of nitrogens with two attached hydrogens (primary N) is 1. The molecular formula is C11H11F2N3O. The third-order valence-electron chi connectivity index (χ3n) is 2.38. The van der Waals surface area contributed by atoms with Crippen LogP contribution in [0, 0.1) is 11.6 Å². The van der Waals surface area contributed by atoms with E-state index in [1.165, 1.54) is 6.07 Å². The quantitative estimate of drug-likeness (QED) is 0.889. The van der Waals surface area contributed by atoms with Gasteiger partial charge in [-0.15, -0.1) is 0 Å². The lowest BCUT2D eigenvalue weighted by atomic mass is 10.1. The van der Waals surface area contributed by atoms with Gasteiger partial charge in [-0.2, -0.15) is 4.98 Å². The van der Waals surface area contributed by atoms with Crippen LogP contribution in [0.25, 0.3) is 0 Å². The monoisotopic (exact) mass is 239 g/mol. The number of benzene rings is 1. The molecule has 1 unspecified atom stereocenters. The van der Waals surface area contributed by atoms with Crippen LogP contribution < -0.4 is 5.73 Å². The van der Waals surface area contributed by atoms with E-state index in [4.69, 9.17) is 10.3 Å². The molecule has 17 heavy (non-hydrogen) atoms. The lowest BCUT2D eigenvalue weighted by molar-refractivity contribution is 0.374. The van der Waals surface area contributed by atoms with Gasteiger partial charge in [0.15, 0.2) is 5.82 Å². The van der Waals surface area contributed by atoms with Crippen LogP contribution in [-0.2, 0) is 6.42 Å². The van der Waals surface area contributed by atoms with Gasteiger partial charge in [-0.05, 0) is 12.1 Å². The van der Waals surface area contributed by atoms with Crippen LogP contribution in [0.2, 0.25) is 0 Å². The SMILES string of the molecule is CCc1nc(C(N)c2c(F)cccc2F)no1. The number of hydrogen-bond donors (Lipinski definition) is 1. The third kappa shape index (κ3) is 2.16. The third-order valence-corrected chi connectivity index (χ3v) is 2.38. The molecule has 0 amide bonds. The Morgan fingerprint density at radius 3 is 2.53 bits per heavy atom. The van der Waals surface area contributed by atoms with Gasteiger partial charge in [0.25, 0.3) is 0 Å². The summed E-state index contributed by atoms with van der Waals surface area (Å²) < 4.78 is 31.8. The van der Waals surface area contributed by atoms with Crippen LogP contribution >= 0.6 is 0 Å². The minimum Gasteiger partial charge on any atom is -0.339 e. The molecule has 0 aliphatic heterocycles. The lowest BCUT2D eigenvalue weighted by Crippen LogP contribution is -2.17. The summed E-state index contributed by atoms with van der Waals surface area (Å²) in [6, 6.07) is 2.48. The van der Waals surface area contributed by atoms with E-state index in [9.17, 15) is 8.78 Å². The molecule has 1 aromatic heterocycles. The van der Waals surface area contributed by atoms with Crippen LogP contribution in [0.5, 0.6) is 0 Å². The first-order chi connectivity index (χ1) is 8.13. The number of halogens is 2. The second-order valence-corrected chi connectivity index (χ2v) is 3.51. The average Bonchev–Trinajstić information content (AvgIpc) is 2.77. The maximum atomic E-state index is 13.5. The zero-order valence-corrected chi connectivity index (χ0v) is 9.15. The Morgan fingerprint density at radius 2 is 2.00 bits per heavy atom. The highest BCUT2D eigenvalue weighted by molar-refractivity contribution is 5.27. The van der Waals surface area contributed by atoms with Crippen molar-refractivity contribution in [2.75, 3.05) is 0 Å². The van der Waals surface area contributed by atoms with E-state index < -0.39 is 17.7 Å². The highest BCUT2D eigenvalue weighted by Gasteiger charge is 2.22. The first kappa shape index (κ1) is 11.7. The van der Waals surface area contributed by atoms with Crippen LogP contribution in [0.4, 0.5) is 8.78 Å². The van der Waals surface area contributed by atoms with E-state index in [2.05, 4.69) is 10.1 Å². The Kier molecular flexibility index (Phi) is 3.14. The summed E-state index contributed by atoms with van der Waals surface area (Å²) in [5, 5.41) is 3.60. The molecule has 0 aliphatic carbocycles. The zero-order valence-electron chi connectivity index (χ0n) is 9.15. The standard InChI is InChI=1S/C11H11F2N3O/c1-2-8-15-11(16-17-8)10(14)9-6(12)4-3-5-7(9)13/h3-5,10H,2,14H2,1H3. The number of aryl methyl sites for hydroxylation is 1. The molecule has 6 heteroatoms. The van der Waals surface area contributed by atoms with Crippen molar-refractivity contribution in [1.82, 2.24) is 10.1 Å².